The van der Waals surface area contributed by atoms with Crippen LogP contribution in [0.5, 0.6) is 5.75 Å². The molecule has 0 fully saturated rings. The van der Waals surface area contributed by atoms with Crippen LogP contribution in [-0.4, -0.2) is 46.6 Å². The summed E-state index contributed by atoms with van der Waals surface area (Å²) in [6.45, 7) is 8.54. The first-order chi connectivity index (χ1) is 20.2. The molecule has 1 aliphatic rings. The third-order valence-electron chi connectivity index (χ3n) is 7.39. The van der Waals surface area contributed by atoms with Gasteiger partial charge in [-0.1, -0.05) is 35.6 Å². The van der Waals surface area contributed by atoms with Gasteiger partial charge in [0.25, 0.3) is 11.5 Å². The molecular formula is C32H31N3O6S. The number of methoxy groups -OCH3 is 1. The lowest BCUT2D eigenvalue weighted by Gasteiger charge is -2.29. The van der Waals surface area contributed by atoms with Crippen LogP contribution < -0.4 is 19.6 Å². The summed E-state index contributed by atoms with van der Waals surface area (Å²) in [5.41, 5.74) is 3.02. The average Bonchev–Trinajstić information content (AvgIpc) is 3.56. The van der Waals surface area contributed by atoms with Crippen LogP contribution in [0.4, 0.5) is 0 Å². The molecular weight excluding hydrogens is 554 g/mol. The fraction of sp³-hybridized carbons (Fsp3) is 0.250. The number of hydrogen-bond donors (Lipinski definition) is 1. The molecule has 2 aromatic heterocycles. The highest BCUT2D eigenvalue weighted by molar-refractivity contribution is 7.07. The first-order valence-electron chi connectivity index (χ1n) is 13.6. The number of aromatic nitrogens is 1. The minimum Gasteiger partial charge on any atom is -0.496 e. The molecule has 3 heterocycles. The summed E-state index contributed by atoms with van der Waals surface area (Å²) in [6.07, 6.45) is 1.65. The molecule has 1 N–H and O–H groups in total. The third-order valence-corrected chi connectivity index (χ3v) is 8.37. The molecule has 0 aliphatic carbocycles. The number of amides is 1. The summed E-state index contributed by atoms with van der Waals surface area (Å²) in [6, 6.07) is 15.0. The zero-order valence-corrected chi connectivity index (χ0v) is 24.8. The molecule has 0 saturated heterocycles. The van der Waals surface area contributed by atoms with Crippen LogP contribution in [0.25, 0.3) is 17.4 Å². The first kappa shape index (κ1) is 28.8. The molecule has 9 nitrogen and oxygen atoms in total. The van der Waals surface area contributed by atoms with E-state index in [0.717, 1.165) is 5.56 Å². The molecule has 1 aliphatic heterocycles. The molecule has 42 heavy (non-hydrogen) atoms. The van der Waals surface area contributed by atoms with Gasteiger partial charge in [0.15, 0.2) is 4.80 Å². The summed E-state index contributed by atoms with van der Waals surface area (Å²) in [5.74, 6) is 0.277. The van der Waals surface area contributed by atoms with Crippen LogP contribution in [-0.2, 0) is 4.79 Å². The number of carboxylic acid groups (broad SMARTS) is 1. The summed E-state index contributed by atoms with van der Waals surface area (Å²) in [5, 5.41) is 9.41. The third kappa shape index (κ3) is 5.09. The number of hydrogen-bond acceptors (Lipinski definition) is 7. The van der Waals surface area contributed by atoms with Gasteiger partial charge in [-0.3, -0.25) is 14.2 Å². The van der Waals surface area contributed by atoms with Gasteiger partial charge in [-0.25, -0.2) is 9.79 Å². The van der Waals surface area contributed by atoms with E-state index in [4.69, 9.17) is 14.1 Å². The number of benzene rings is 2. The van der Waals surface area contributed by atoms with Crippen LogP contribution in [0, 0.1) is 6.92 Å². The molecule has 1 amide bonds. The summed E-state index contributed by atoms with van der Waals surface area (Å²) in [4.78, 5) is 46.2. The number of fused-ring (bicyclic) bond motifs is 1. The fourth-order valence-electron chi connectivity index (χ4n) is 5.19. The lowest BCUT2D eigenvalue weighted by atomic mass is 9.94. The molecule has 4 aromatic rings. The first-order valence-corrected chi connectivity index (χ1v) is 14.4. The Morgan fingerprint density at radius 2 is 1.86 bits per heavy atom. The van der Waals surface area contributed by atoms with Gasteiger partial charge in [0.2, 0.25) is 0 Å². The standard InChI is InChI=1S/C32H31N3O6S/c1-6-34(7-2)30(37)27-19(4)33-32-35(28(27)22-10-8-9-11-24(22)40-5)29(36)26(42-32)17-21-14-15-25(41-21)23-16-20(31(38)39)13-12-18(23)3/h8-17,28H,6-7H2,1-5H3,(H,38,39)/b26-17+/t28-/m0/s1. The van der Waals surface area contributed by atoms with E-state index in [2.05, 4.69) is 0 Å². The number of rotatable bonds is 8. The smallest absolute Gasteiger partial charge is 0.335 e. The molecule has 10 heteroatoms. The maximum atomic E-state index is 14.0. The van der Waals surface area contributed by atoms with E-state index >= 15 is 0 Å². The second-order valence-electron chi connectivity index (χ2n) is 9.84. The fourth-order valence-corrected chi connectivity index (χ4v) is 6.21. The molecule has 1 atom stereocenters. The zero-order valence-electron chi connectivity index (χ0n) is 24.0. The van der Waals surface area contributed by atoms with Crippen molar-refractivity contribution in [3.05, 3.63) is 108 Å². The van der Waals surface area contributed by atoms with E-state index in [1.807, 2.05) is 45.0 Å². The Bertz CT molecular complexity index is 1910. The van der Waals surface area contributed by atoms with Crippen molar-refractivity contribution < 1.29 is 23.8 Å². The van der Waals surface area contributed by atoms with Crippen molar-refractivity contribution in [2.75, 3.05) is 20.2 Å². The number of nitrogens with zero attached hydrogens (tertiary/aromatic N) is 3. The highest BCUT2D eigenvalue weighted by atomic mass is 32.1. The topological polar surface area (TPSA) is 114 Å². The Morgan fingerprint density at radius 3 is 2.55 bits per heavy atom. The average molecular weight is 586 g/mol. The molecule has 0 spiro atoms. The Morgan fingerprint density at radius 1 is 1.12 bits per heavy atom. The van der Waals surface area contributed by atoms with Crippen molar-refractivity contribution in [3.8, 4) is 17.1 Å². The molecule has 0 radical (unpaired) electrons. The van der Waals surface area contributed by atoms with Gasteiger partial charge < -0.3 is 19.2 Å². The number of furan rings is 1. The number of aryl methyl sites for hydroxylation is 1. The van der Waals surface area contributed by atoms with Gasteiger partial charge in [0.1, 0.15) is 23.3 Å². The number of thiazole rings is 1. The Labute approximate surface area is 246 Å². The number of allylic oxidation sites excluding steroid dienone is 1. The second kappa shape index (κ2) is 11.7. The lowest BCUT2D eigenvalue weighted by molar-refractivity contribution is -0.127. The van der Waals surface area contributed by atoms with Gasteiger partial charge in [0.05, 0.1) is 28.5 Å². The largest absolute Gasteiger partial charge is 0.496 e. The Hall–Kier alpha value is -4.70. The van der Waals surface area contributed by atoms with Crippen LogP contribution in [0.15, 0.2) is 80.1 Å². The quantitative estimate of drug-likeness (QED) is 0.328. The predicted molar refractivity (Wildman–Crippen MR) is 161 cm³/mol. The van der Waals surface area contributed by atoms with Crippen LogP contribution in [0.3, 0.4) is 0 Å². The van der Waals surface area contributed by atoms with Gasteiger partial charge in [-0.15, -0.1) is 0 Å². The van der Waals surface area contributed by atoms with Crippen molar-refractivity contribution in [2.45, 2.75) is 33.7 Å². The SMILES string of the molecule is CCN(CC)C(=O)C1=C(C)N=c2s/c(=C/c3ccc(-c4cc(C(=O)O)ccc4C)o3)c(=O)n2[C@H]1c1ccccc1OC. The molecule has 216 valence electrons. The molecule has 0 saturated carbocycles. The Balaban J connectivity index is 1.66. The number of ether oxygens (including phenoxy) is 1. The Kier molecular flexibility index (Phi) is 8.00. The van der Waals surface area contributed by atoms with E-state index < -0.39 is 12.0 Å². The lowest BCUT2D eigenvalue weighted by Crippen LogP contribution is -2.43. The van der Waals surface area contributed by atoms with Crippen molar-refractivity contribution in [2.24, 2.45) is 4.99 Å². The van der Waals surface area contributed by atoms with Gasteiger partial charge in [-0.05, 0) is 63.6 Å². The van der Waals surface area contributed by atoms with Crippen molar-refractivity contribution in [1.82, 2.24) is 9.47 Å². The van der Waals surface area contributed by atoms with Crippen molar-refractivity contribution >= 4 is 29.3 Å². The highest BCUT2D eigenvalue weighted by Crippen LogP contribution is 2.36. The molecule has 0 bridgehead atoms. The van der Waals surface area contributed by atoms with Crippen molar-refractivity contribution in [1.29, 1.82) is 0 Å². The predicted octanol–water partition coefficient (Wildman–Crippen LogP) is 4.38. The van der Waals surface area contributed by atoms with Crippen LogP contribution in [0.2, 0.25) is 0 Å². The highest BCUT2D eigenvalue weighted by Gasteiger charge is 2.35. The van der Waals surface area contributed by atoms with Gasteiger partial charge >= 0.3 is 5.97 Å². The number of carbonyl (C=O) groups is 2. The maximum Gasteiger partial charge on any atom is 0.335 e. The maximum absolute atomic E-state index is 14.0. The minimum absolute atomic E-state index is 0.156. The van der Waals surface area contributed by atoms with E-state index in [0.29, 0.717) is 62.1 Å². The molecule has 0 unspecified atom stereocenters. The molecule has 5 rings (SSSR count). The second-order valence-corrected chi connectivity index (χ2v) is 10.8. The summed E-state index contributed by atoms with van der Waals surface area (Å²) in [7, 11) is 1.56. The van der Waals surface area contributed by atoms with Crippen LogP contribution in [0.1, 0.15) is 54.1 Å². The zero-order chi connectivity index (χ0) is 30.1. The molecule has 2 aromatic carbocycles. The monoisotopic (exact) mass is 585 g/mol. The number of likely N-dealkylation sites (N-methyl/N-ethyl adjacent to an activating group) is 1. The normalized spacial score (nSPS) is 14.9. The van der Waals surface area contributed by atoms with Crippen LogP contribution >= 0.6 is 11.3 Å². The number of carbonyl (C=O) groups excluding carboxylic acids is 1. The van der Waals surface area contributed by atoms with Gasteiger partial charge in [-0.2, -0.15) is 0 Å². The van der Waals surface area contributed by atoms with Gasteiger partial charge in [0, 0.05) is 30.3 Å². The van der Waals surface area contributed by atoms with E-state index in [1.165, 1.54) is 11.3 Å². The number of carboxylic acids is 1. The van der Waals surface area contributed by atoms with Crippen molar-refractivity contribution in [3.63, 3.8) is 0 Å². The summed E-state index contributed by atoms with van der Waals surface area (Å²) >= 11 is 1.21. The summed E-state index contributed by atoms with van der Waals surface area (Å²) < 4.78 is 13.7. The van der Waals surface area contributed by atoms with E-state index in [9.17, 15) is 19.5 Å². The van der Waals surface area contributed by atoms with E-state index in [-0.39, 0.29) is 17.0 Å². The van der Waals surface area contributed by atoms with E-state index in [1.54, 1.807) is 59.9 Å². The number of para-hydroxylation sites is 1. The minimum atomic E-state index is -1.03. The number of aromatic carboxylic acids is 1.